The molecule has 98 valence electrons. The van der Waals surface area contributed by atoms with Gasteiger partial charge in [0.15, 0.2) is 0 Å². The standard InChI is InChI=1S/C13H24N2O2/c1-3-6-13(17)9-15(10-13)11(2)12(16)14-7-4-5-8-14/h11,17H,3-10H2,1-2H3. The molecule has 1 unspecified atom stereocenters. The number of amides is 1. The van der Waals surface area contributed by atoms with Crippen LogP contribution in [0.25, 0.3) is 0 Å². The quantitative estimate of drug-likeness (QED) is 0.792. The van der Waals surface area contributed by atoms with Crippen molar-refractivity contribution in [3.8, 4) is 0 Å². The fourth-order valence-electron chi connectivity index (χ4n) is 2.97. The normalized spacial score (nSPS) is 25.7. The molecule has 1 amide bonds. The fourth-order valence-corrected chi connectivity index (χ4v) is 2.97. The minimum atomic E-state index is -0.533. The highest BCUT2D eigenvalue weighted by Gasteiger charge is 2.44. The smallest absolute Gasteiger partial charge is 0.239 e. The predicted octanol–water partition coefficient (Wildman–Crippen LogP) is 0.844. The fraction of sp³-hybridized carbons (Fsp3) is 0.923. The minimum absolute atomic E-state index is 0.0646. The summed E-state index contributed by atoms with van der Waals surface area (Å²) in [4.78, 5) is 16.2. The largest absolute Gasteiger partial charge is 0.387 e. The molecular weight excluding hydrogens is 216 g/mol. The van der Waals surface area contributed by atoms with Gasteiger partial charge in [0.05, 0.1) is 11.6 Å². The Bertz CT molecular complexity index is 281. The van der Waals surface area contributed by atoms with E-state index in [1.807, 2.05) is 11.8 Å². The maximum atomic E-state index is 12.2. The lowest BCUT2D eigenvalue weighted by Gasteiger charge is -2.49. The number of nitrogens with zero attached hydrogens (tertiary/aromatic N) is 2. The van der Waals surface area contributed by atoms with Crippen molar-refractivity contribution in [1.82, 2.24) is 9.80 Å². The van der Waals surface area contributed by atoms with E-state index in [0.29, 0.717) is 13.1 Å². The number of carbonyl (C=O) groups is 1. The van der Waals surface area contributed by atoms with Gasteiger partial charge in [-0.3, -0.25) is 9.69 Å². The zero-order valence-electron chi connectivity index (χ0n) is 11.0. The Balaban J connectivity index is 1.82. The predicted molar refractivity (Wildman–Crippen MR) is 66.7 cm³/mol. The van der Waals surface area contributed by atoms with Crippen LogP contribution in [-0.4, -0.2) is 58.6 Å². The summed E-state index contributed by atoms with van der Waals surface area (Å²) in [5.41, 5.74) is -0.533. The number of hydrogen-bond donors (Lipinski definition) is 1. The Kier molecular flexibility index (Phi) is 3.73. The molecule has 0 radical (unpaired) electrons. The molecule has 0 aliphatic carbocycles. The third-order valence-corrected chi connectivity index (χ3v) is 4.03. The lowest BCUT2D eigenvalue weighted by Crippen LogP contribution is -2.66. The van der Waals surface area contributed by atoms with Crippen LogP contribution in [0, 0.1) is 0 Å². The average Bonchev–Trinajstić information content (AvgIpc) is 2.77. The van der Waals surface area contributed by atoms with Crippen molar-refractivity contribution >= 4 is 5.91 Å². The van der Waals surface area contributed by atoms with Crippen molar-refractivity contribution in [2.24, 2.45) is 0 Å². The van der Waals surface area contributed by atoms with Gasteiger partial charge in [0.1, 0.15) is 0 Å². The summed E-state index contributed by atoms with van der Waals surface area (Å²) in [6.07, 6.45) is 4.11. The number of β-amino-alcohol motifs (C(OH)–C–C–N with tert-alkyl or cyclic N) is 1. The van der Waals surface area contributed by atoms with Gasteiger partial charge in [-0.25, -0.2) is 0 Å². The van der Waals surface area contributed by atoms with E-state index in [4.69, 9.17) is 0 Å². The lowest BCUT2D eigenvalue weighted by molar-refractivity contribution is -0.151. The maximum absolute atomic E-state index is 12.2. The van der Waals surface area contributed by atoms with Crippen LogP contribution in [0.5, 0.6) is 0 Å². The first kappa shape index (κ1) is 12.8. The van der Waals surface area contributed by atoms with Crippen molar-refractivity contribution < 1.29 is 9.90 Å². The Labute approximate surface area is 104 Å². The second-order valence-electron chi connectivity index (χ2n) is 5.59. The Morgan fingerprint density at radius 3 is 2.47 bits per heavy atom. The van der Waals surface area contributed by atoms with Crippen LogP contribution in [0.1, 0.15) is 39.5 Å². The molecular formula is C13H24N2O2. The van der Waals surface area contributed by atoms with Crippen LogP contribution in [0.3, 0.4) is 0 Å². The van der Waals surface area contributed by atoms with Gasteiger partial charge in [-0.2, -0.15) is 0 Å². The Morgan fingerprint density at radius 1 is 1.35 bits per heavy atom. The highest BCUT2D eigenvalue weighted by molar-refractivity contribution is 5.81. The van der Waals surface area contributed by atoms with Crippen molar-refractivity contribution in [3.63, 3.8) is 0 Å². The van der Waals surface area contributed by atoms with Gasteiger partial charge < -0.3 is 10.0 Å². The molecule has 1 atom stereocenters. The number of rotatable bonds is 4. The van der Waals surface area contributed by atoms with E-state index >= 15 is 0 Å². The average molecular weight is 240 g/mol. The van der Waals surface area contributed by atoms with Crippen LogP contribution in [-0.2, 0) is 4.79 Å². The molecule has 2 aliphatic rings. The molecule has 1 N–H and O–H groups in total. The molecule has 17 heavy (non-hydrogen) atoms. The second-order valence-corrected chi connectivity index (χ2v) is 5.59. The van der Waals surface area contributed by atoms with Crippen LogP contribution in [0.4, 0.5) is 0 Å². The lowest BCUT2D eigenvalue weighted by atomic mass is 9.88. The summed E-state index contributed by atoms with van der Waals surface area (Å²) in [5, 5.41) is 10.1. The summed E-state index contributed by atoms with van der Waals surface area (Å²) in [5.74, 6) is 0.237. The van der Waals surface area contributed by atoms with Gasteiger partial charge in [-0.1, -0.05) is 13.3 Å². The van der Waals surface area contributed by atoms with Crippen LogP contribution >= 0.6 is 0 Å². The Hall–Kier alpha value is -0.610. The molecule has 2 rings (SSSR count). The van der Waals surface area contributed by atoms with Crippen LogP contribution in [0.2, 0.25) is 0 Å². The van der Waals surface area contributed by atoms with E-state index in [1.54, 1.807) is 0 Å². The van der Waals surface area contributed by atoms with Gasteiger partial charge in [-0.05, 0) is 26.2 Å². The minimum Gasteiger partial charge on any atom is -0.387 e. The number of carbonyl (C=O) groups excluding carboxylic acids is 1. The first-order chi connectivity index (χ1) is 8.06. The zero-order chi connectivity index (χ0) is 12.5. The molecule has 2 heterocycles. The molecule has 0 aromatic heterocycles. The van der Waals surface area contributed by atoms with Gasteiger partial charge in [0.25, 0.3) is 0 Å². The number of aliphatic hydroxyl groups is 1. The van der Waals surface area contributed by atoms with Gasteiger partial charge in [-0.15, -0.1) is 0 Å². The van der Waals surface area contributed by atoms with Gasteiger partial charge in [0.2, 0.25) is 5.91 Å². The second kappa shape index (κ2) is 4.94. The topological polar surface area (TPSA) is 43.8 Å². The van der Waals surface area contributed by atoms with Crippen molar-refractivity contribution in [2.75, 3.05) is 26.2 Å². The van der Waals surface area contributed by atoms with Gasteiger partial charge >= 0.3 is 0 Å². The zero-order valence-corrected chi connectivity index (χ0v) is 11.0. The van der Waals surface area contributed by atoms with Crippen molar-refractivity contribution in [3.05, 3.63) is 0 Å². The van der Waals surface area contributed by atoms with E-state index in [0.717, 1.165) is 38.8 Å². The van der Waals surface area contributed by atoms with Crippen molar-refractivity contribution in [2.45, 2.75) is 51.2 Å². The van der Waals surface area contributed by atoms with E-state index in [-0.39, 0.29) is 11.9 Å². The summed E-state index contributed by atoms with van der Waals surface area (Å²) >= 11 is 0. The number of hydrogen-bond acceptors (Lipinski definition) is 3. The van der Waals surface area contributed by atoms with E-state index < -0.39 is 5.60 Å². The summed E-state index contributed by atoms with van der Waals surface area (Å²) in [6, 6.07) is -0.0646. The first-order valence-electron chi connectivity index (χ1n) is 6.81. The highest BCUT2D eigenvalue weighted by atomic mass is 16.3. The molecule has 2 fully saturated rings. The first-order valence-corrected chi connectivity index (χ1v) is 6.81. The third kappa shape index (κ3) is 2.63. The molecule has 2 saturated heterocycles. The highest BCUT2D eigenvalue weighted by Crippen LogP contribution is 2.28. The summed E-state index contributed by atoms with van der Waals surface area (Å²) < 4.78 is 0. The molecule has 0 aromatic carbocycles. The van der Waals surface area contributed by atoms with Gasteiger partial charge in [0, 0.05) is 26.2 Å². The maximum Gasteiger partial charge on any atom is 0.239 e. The van der Waals surface area contributed by atoms with E-state index in [2.05, 4.69) is 11.8 Å². The molecule has 4 nitrogen and oxygen atoms in total. The molecule has 0 spiro atoms. The van der Waals surface area contributed by atoms with Crippen LogP contribution in [0.15, 0.2) is 0 Å². The third-order valence-electron chi connectivity index (χ3n) is 4.03. The summed E-state index contributed by atoms with van der Waals surface area (Å²) in [7, 11) is 0. The molecule has 4 heteroatoms. The monoisotopic (exact) mass is 240 g/mol. The summed E-state index contributed by atoms with van der Waals surface area (Å²) in [6.45, 7) is 7.18. The molecule has 2 aliphatic heterocycles. The van der Waals surface area contributed by atoms with Crippen LogP contribution < -0.4 is 0 Å². The molecule has 0 bridgehead atoms. The SMILES string of the molecule is CCCC1(O)CN(C(C)C(=O)N2CCCC2)C1. The number of likely N-dealkylation sites (tertiary alicyclic amines) is 2. The molecule has 0 aromatic rings. The Morgan fingerprint density at radius 2 is 1.94 bits per heavy atom. The van der Waals surface area contributed by atoms with Crippen molar-refractivity contribution in [1.29, 1.82) is 0 Å². The molecule has 0 saturated carbocycles. The van der Waals surface area contributed by atoms with E-state index in [1.165, 1.54) is 0 Å². The van der Waals surface area contributed by atoms with E-state index in [9.17, 15) is 9.90 Å².